The minimum atomic E-state index is -3.15. The van der Waals surface area contributed by atoms with Crippen molar-refractivity contribution in [1.29, 1.82) is 0 Å². The molecule has 2 rings (SSSR count). The normalized spacial score (nSPS) is 16.2. The average Bonchev–Trinajstić information content (AvgIpc) is 2.96. The van der Waals surface area contributed by atoms with Crippen LogP contribution in [0.25, 0.3) is 0 Å². The first-order chi connectivity index (χ1) is 8.16. The van der Waals surface area contributed by atoms with Gasteiger partial charge in [-0.1, -0.05) is 0 Å². The molecular formula is C10H17N3O2S2. The molecular weight excluding hydrogens is 258 g/mol. The number of hydrogen-bond acceptors (Lipinski definition) is 5. The highest BCUT2D eigenvalue weighted by Gasteiger charge is 2.20. The number of thiazole rings is 1. The summed E-state index contributed by atoms with van der Waals surface area (Å²) in [6.07, 6.45) is 4.81. The summed E-state index contributed by atoms with van der Waals surface area (Å²) in [5, 5.41) is 3.30. The SMILES string of the molecule is O=S(=O)(CCCNC1CC1)NCc1cncs1. The van der Waals surface area contributed by atoms with Gasteiger partial charge in [0.25, 0.3) is 0 Å². The van der Waals surface area contributed by atoms with Gasteiger partial charge in [0.15, 0.2) is 0 Å². The first-order valence-corrected chi connectivity index (χ1v) is 8.27. The van der Waals surface area contributed by atoms with E-state index in [0.717, 1.165) is 11.4 Å². The molecule has 1 aliphatic carbocycles. The lowest BCUT2D eigenvalue weighted by Crippen LogP contribution is -2.28. The summed E-state index contributed by atoms with van der Waals surface area (Å²) in [7, 11) is -3.15. The van der Waals surface area contributed by atoms with Gasteiger partial charge >= 0.3 is 0 Å². The molecule has 1 fully saturated rings. The van der Waals surface area contributed by atoms with Gasteiger partial charge in [0, 0.05) is 23.7 Å². The molecule has 0 atom stereocenters. The van der Waals surface area contributed by atoms with Gasteiger partial charge in [0.2, 0.25) is 10.0 Å². The van der Waals surface area contributed by atoms with Crippen LogP contribution in [0.2, 0.25) is 0 Å². The van der Waals surface area contributed by atoms with E-state index < -0.39 is 10.0 Å². The Morgan fingerprint density at radius 1 is 1.47 bits per heavy atom. The van der Waals surface area contributed by atoms with E-state index in [-0.39, 0.29) is 5.75 Å². The Hall–Kier alpha value is -0.500. The number of hydrogen-bond donors (Lipinski definition) is 2. The van der Waals surface area contributed by atoms with Crippen molar-refractivity contribution >= 4 is 21.4 Å². The second-order valence-corrected chi connectivity index (χ2v) is 7.09. The molecule has 7 heteroatoms. The third-order valence-corrected chi connectivity index (χ3v) is 4.74. The van der Waals surface area contributed by atoms with E-state index in [2.05, 4.69) is 15.0 Å². The fourth-order valence-electron chi connectivity index (χ4n) is 1.44. The lowest BCUT2D eigenvalue weighted by atomic mass is 10.5. The largest absolute Gasteiger partial charge is 0.314 e. The summed E-state index contributed by atoms with van der Waals surface area (Å²) in [5.41, 5.74) is 1.70. The number of sulfonamides is 1. The van der Waals surface area contributed by atoms with Gasteiger partial charge in [0.1, 0.15) is 0 Å². The fourth-order valence-corrected chi connectivity index (χ4v) is 3.11. The molecule has 0 spiro atoms. The monoisotopic (exact) mass is 275 g/mol. The van der Waals surface area contributed by atoms with Crippen molar-refractivity contribution in [2.45, 2.75) is 31.8 Å². The van der Waals surface area contributed by atoms with Crippen LogP contribution in [0, 0.1) is 0 Å². The van der Waals surface area contributed by atoms with E-state index in [1.165, 1.54) is 24.2 Å². The Kier molecular flexibility index (Phi) is 4.49. The smallest absolute Gasteiger partial charge is 0.211 e. The van der Waals surface area contributed by atoms with Crippen LogP contribution < -0.4 is 10.0 Å². The molecule has 0 bridgehead atoms. The summed E-state index contributed by atoms with van der Waals surface area (Å²) in [5.74, 6) is 0.186. The highest BCUT2D eigenvalue weighted by Crippen LogP contribution is 2.18. The zero-order valence-corrected chi connectivity index (χ0v) is 11.2. The third-order valence-electron chi connectivity index (χ3n) is 2.55. The molecule has 0 aliphatic heterocycles. The van der Waals surface area contributed by atoms with E-state index in [1.54, 1.807) is 11.7 Å². The molecule has 0 radical (unpaired) electrons. The highest BCUT2D eigenvalue weighted by atomic mass is 32.2. The van der Waals surface area contributed by atoms with Crippen LogP contribution in [0.5, 0.6) is 0 Å². The fraction of sp³-hybridized carbons (Fsp3) is 0.700. The van der Waals surface area contributed by atoms with Crippen molar-refractivity contribution in [3.63, 3.8) is 0 Å². The van der Waals surface area contributed by atoms with Gasteiger partial charge in [-0.25, -0.2) is 13.1 Å². The van der Waals surface area contributed by atoms with Crippen LogP contribution in [0.15, 0.2) is 11.7 Å². The second kappa shape index (κ2) is 5.90. The maximum atomic E-state index is 11.6. The van der Waals surface area contributed by atoms with E-state index in [4.69, 9.17) is 0 Å². The molecule has 0 amide bonds. The lowest BCUT2D eigenvalue weighted by Gasteiger charge is -2.05. The standard InChI is InChI=1S/C10H17N3O2S2/c14-17(15,5-1-4-12-9-2-3-9)13-7-10-6-11-8-16-10/h6,8-9,12-13H,1-5,7H2. The summed E-state index contributed by atoms with van der Waals surface area (Å²) in [4.78, 5) is 4.83. The number of aromatic nitrogens is 1. The van der Waals surface area contributed by atoms with Gasteiger partial charge < -0.3 is 5.32 Å². The Morgan fingerprint density at radius 2 is 2.29 bits per heavy atom. The van der Waals surface area contributed by atoms with Crippen LogP contribution in [0.4, 0.5) is 0 Å². The first kappa shape index (κ1) is 12.9. The Morgan fingerprint density at radius 3 is 2.94 bits per heavy atom. The average molecular weight is 275 g/mol. The van der Waals surface area contributed by atoms with E-state index in [9.17, 15) is 8.42 Å². The van der Waals surface area contributed by atoms with Gasteiger partial charge in [-0.2, -0.15) is 0 Å². The molecule has 0 saturated heterocycles. The molecule has 17 heavy (non-hydrogen) atoms. The predicted molar refractivity (Wildman–Crippen MR) is 68.4 cm³/mol. The van der Waals surface area contributed by atoms with Crippen LogP contribution in [-0.4, -0.2) is 31.7 Å². The molecule has 1 aliphatic rings. The molecule has 1 saturated carbocycles. The molecule has 1 aromatic heterocycles. The maximum Gasteiger partial charge on any atom is 0.211 e. The van der Waals surface area contributed by atoms with Crippen molar-refractivity contribution in [3.05, 3.63) is 16.6 Å². The minimum absolute atomic E-state index is 0.186. The van der Waals surface area contributed by atoms with Crippen LogP contribution in [0.1, 0.15) is 24.1 Å². The van der Waals surface area contributed by atoms with Gasteiger partial charge in [-0.3, -0.25) is 4.98 Å². The minimum Gasteiger partial charge on any atom is -0.314 e. The van der Waals surface area contributed by atoms with Crippen molar-refractivity contribution in [2.75, 3.05) is 12.3 Å². The number of nitrogens with one attached hydrogen (secondary N) is 2. The predicted octanol–water partition coefficient (Wildman–Crippen LogP) is 0.705. The maximum absolute atomic E-state index is 11.6. The summed E-state index contributed by atoms with van der Waals surface area (Å²) >= 11 is 1.45. The van der Waals surface area contributed by atoms with E-state index >= 15 is 0 Å². The molecule has 1 heterocycles. The van der Waals surface area contributed by atoms with Crippen molar-refractivity contribution in [3.8, 4) is 0 Å². The third kappa shape index (κ3) is 5.12. The van der Waals surface area contributed by atoms with Crippen molar-refractivity contribution in [1.82, 2.24) is 15.0 Å². The van der Waals surface area contributed by atoms with Crippen LogP contribution in [0.3, 0.4) is 0 Å². The van der Waals surface area contributed by atoms with Crippen LogP contribution >= 0.6 is 11.3 Å². The lowest BCUT2D eigenvalue weighted by molar-refractivity contribution is 0.574. The van der Waals surface area contributed by atoms with Crippen molar-refractivity contribution in [2.24, 2.45) is 0 Å². The van der Waals surface area contributed by atoms with Crippen molar-refractivity contribution < 1.29 is 8.42 Å². The van der Waals surface area contributed by atoms with Gasteiger partial charge in [-0.15, -0.1) is 11.3 Å². The molecule has 1 aromatic rings. The molecule has 0 unspecified atom stereocenters. The summed E-state index contributed by atoms with van der Waals surface area (Å²) in [6, 6.07) is 0.642. The van der Waals surface area contributed by atoms with Gasteiger partial charge in [0.05, 0.1) is 11.3 Å². The molecule has 0 aromatic carbocycles. The van der Waals surface area contributed by atoms with E-state index in [0.29, 0.717) is 19.0 Å². The summed E-state index contributed by atoms with van der Waals surface area (Å²) in [6.45, 7) is 1.13. The summed E-state index contributed by atoms with van der Waals surface area (Å²) < 4.78 is 25.8. The molecule has 2 N–H and O–H groups in total. The first-order valence-electron chi connectivity index (χ1n) is 5.74. The van der Waals surface area contributed by atoms with Crippen LogP contribution in [-0.2, 0) is 16.6 Å². The topological polar surface area (TPSA) is 71.1 Å². The Balaban J connectivity index is 1.63. The highest BCUT2D eigenvalue weighted by molar-refractivity contribution is 7.89. The quantitative estimate of drug-likeness (QED) is 0.685. The zero-order valence-electron chi connectivity index (χ0n) is 9.55. The number of rotatable bonds is 8. The molecule has 96 valence electrons. The van der Waals surface area contributed by atoms with Gasteiger partial charge in [-0.05, 0) is 25.8 Å². The van der Waals surface area contributed by atoms with E-state index in [1.807, 2.05) is 0 Å². The Bertz CT molecular complexity index is 426. The number of nitrogens with zero attached hydrogens (tertiary/aromatic N) is 1. The second-order valence-electron chi connectivity index (χ2n) is 4.19. The Labute approximate surface area is 106 Å². The zero-order chi connectivity index (χ0) is 12.1. The molecule has 5 nitrogen and oxygen atoms in total.